The van der Waals surface area contributed by atoms with Gasteiger partial charge < -0.3 is 10.4 Å². The van der Waals surface area contributed by atoms with Gasteiger partial charge in [-0.3, -0.25) is 0 Å². The van der Waals surface area contributed by atoms with Crippen molar-refractivity contribution in [1.29, 1.82) is 0 Å². The van der Waals surface area contributed by atoms with E-state index in [-0.39, 0.29) is 5.54 Å². The highest BCUT2D eigenvalue weighted by Crippen LogP contribution is 2.40. The lowest BCUT2D eigenvalue weighted by Crippen LogP contribution is -2.52. The van der Waals surface area contributed by atoms with Crippen molar-refractivity contribution in [1.82, 2.24) is 5.32 Å². The zero-order chi connectivity index (χ0) is 12.3. The van der Waals surface area contributed by atoms with Gasteiger partial charge in [0.25, 0.3) is 0 Å². The molecule has 0 saturated heterocycles. The van der Waals surface area contributed by atoms with E-state index in [1.165, 1.54) is 44.3 Å². The van der Waals surface area contributed by atoms with E-state index in [4.69, 9.17) is 0 Å². The summed E-state index contributed by atoms with van der Waals surface area (Å²) in [4.78, 5) is 0. The van der Waals surface area contributed by atoms with Crippen LogP contribution in [0.15, 0.2) is 0 Å². The van der Waals surface area contributed by atoms with Crippen molar-refractivity contribution in [2.24, 2.45) is 5.92 Å². The predicted molar refractivity (Wildman–Crippen MR) is 75.5 cm³/mol. The third-order valence-electron chi connectivity index (χ3n) is 4.23. The molecule has 2 rings (SSSR count). The number of aliphatic hydroxyl groups excluding tert-OH is 1. The van der Waals surface area contributed by atoms with Gasteiger partial charge in [-0.05, 0) is 49.0 Å². The van der Waals surface area contributed by atoms with Crippen LogP contribution in [0.1, 0.15) is 52.4 Å². The van der Waals surface area contributed by atoms with Gasteiger partial charge in [-0.2, -0.15) is 11.8 Å². The maximum Gasteiger partial charge on any atom is 0.0616 e. The summed E-state index contributed by atoms with van der Waals surface area (Å²) >= 11 is 2.05. The van der Waals surface area contributed by atoms with Gasteiger partial charge in [0, 0.05) is 11.6 Å². The lowest BCUT2D eigenvalue weighted by molar-refractivity contribution is 0.120. The number of aliphatic hydroxyl groups is 1. The molecule has 0 bridgehead atoms. The summed E-state index contributed by atoms with van der Waals surface area (Å²) < 4.78 is 0. The summed E-state index contributed by atoms with van der Waals surface area (Å²) in [7, 11) is 0. The van der Waals surface area contributed by atoms with Crippen molar-refractivity contribution in [2.45, 2.75) is 69.2 Å². The third-order valence-corrected chi connectivity index (χ3v) is 5.36. The summed E-state index contributed by atoms with van der Waals surface area (Å²) in [6.45, 7) is 4.86. The average Bonchev–Trinajstić information content (AvgIpc) is 3.00. The molecule has 2 nitrogen and oxygen atoms in total. The third kappa shape index (κ3) is 3.62. The quantitative estimate of drug-likeness (QED) is 0.735. The molecule has 0 aromatic rings. The molecule has 2 saturated carbocycles. The van der Waals surface area contributed by atoms with Crippen LogP contribution in [-0.4, -0.2) is 34.3 Å². The zero-order valence-corrected chi connectivity index (χ0v) is 12.1. The van der Waals surface area contributed by atoms with Gasteiger partial charge in [0.05, 0.1) is 6.61 Å². The fourth-order valence-corrected chi connectivity index (χ4v) is 3.98. The maximum atomic E-state index is 9.80. The van der Waals surface area contributed by atoms with Crippen LogP contribution in [0, 0.1) is 5.92 Å². The Balaban J connectivity index is 1.84. The molecule has 2 aliphatic rings. The Bertz CT molecular complexity index is 242. The van der Waals surface area contributed by atoms with E-state index in [0.717, 1.165) is 5.25 Å². The van der Waals surface area contributed by atoms with E-state index in [2.05, 4.69) is 30.9 Å². The molecule has 0 amide bonds. The van der Waals surface area contributed by atoms with Crippen LogP contribution in [0.25, 0.3) is 0 Å². The largest absolute Gasteiger partial charge is 0.394 e. The first-order valence-corrected chi connectivity index (χ1v) is 8.21. The monoisotopic (exact) mass is 257 g/mol. The van der Waals surface area contributed by atoms with Crippen LogP contribution in [0.3, 0.4) is 0 Å². The molecule has 0 spiro atoms. The zero-order valence-electron chi connectivity index (χ0n) is 11.2. The van der Waals surface area contributed by atoms with E-state index in [0.29, 0.717) is 18.6 Å². The van der Waals surface area contributed by atoms with Crippen molar-refractivity contribution >= 4 is 11.8 Å². The molecule has 2 N–H and O–H groups in total. The van der Waals surface area contributed by atoms with Crippen LogP contribution in [0.2, 0.25) is 0 Å². The van der Waals surface area contributed by atoms with Gasteiger partial charge in [-0.1, -0.05) is 20.3 Å². The van der Waals surface area contributed by atoms with Crippen molar-refractivity contribution in [2.75, 3.05) is 12.4 Å². The number of nitrogens with one attached hydrogen (secondary N) is 1. The molecule has 3 heteroatoms. The minimum absolute atomic E-state index is 0.0682. The van der Waals surface area contributed by atoms with Crippen molar-refractivity contribution < 1.29 is 5.11 Å². The normalized spacial score (nSPS) is 33.5. The Morgan fingerprint density at radius 1 is 1.35 bits per heavy atom. The fourth-order valence-electron chi connectivity index (χ4n) is 3.09. The molecule has 0 aliphatic heterocycles. The van der Waals surface area contributed by atoms with Crippen molar-refractivity contribution in [3.05, 3.63) is 0 Å². The highest BCUT2D eigenvalue weighted by molar-refractivity contribution is 7.99. The summed E-state index contributed by atoms with van der Waals surface area (Å²) in [5, 5.41) is 14.3. The topological polar surface area (TPSA) is 32.3 Å². The van der Waals surface area contributed by atoms with E-state index in [1.807, 2.05) is 0 Å². The second-order valence-corrected chi connectivity index (χ2v) is 7.71. The molecule has 2 fully saturated rings. The van der Waals surface area contributed by atoms with Crippen LogP contribution >= 0.6 is 11.8 Å². The smallest absolute Gasteiger partial charge is 0.0616 e. The van der Waals surface area contributed by atoms with E-state index in [1.54, 1.807) is 0 Å². The molecule has 2 atom stereocenters. The standard InChI is InChI=1S/C14H27NOS/c1-11(2)17-9-7-12-4-3-8-14(12,10-16)15-13-5-6-13/h11-13,15-16H,3-10H2,1-2H3. The van der Waals surface area contributed by atoms with Gasteiger partial charge in [-0.25, -0.2) is 0 Å². The first-order valence-electron chi connectivity index (χ1n) is 7.16. The second-order valence-electron chi connectivity index (χ2n) is 6.03. The highest BCUT2D eigenvalue weighted by Gasteiger charge is 2.44. The van der Waals surface area contributed by atoms with E-state index < -0.39 is 0 Å². The Hall–Kier alpha value is 0.270. The Labute approximate surface area is 110 Å². The molecule has 0 radical (unpaired) electrons. The minimum atomic E-state index is 0.0682. The fraction of sp³-hybridized carbons (Fsp3) is 1.00. The molecule has 0 heterocycles. The molecule has 100 valence electrons. The predicted octanol–water partition coefficient (Wildman–Crippen LogP) is 2.80. The minimum Gasteiger partial charge on any atom is -0.394 e. The molecular formula is C14H27NOS. The van der Waals surface area contributed by atoms with Crippen LogP contribution in [-0.2, 0) is 0 Å². The average molecular weight is 257 g/mol. The SMILES string of the molecule is CC(C)SCCC1CCCC1(CO)NC1CC1. The first-order chi connectivity index (χ1) is 8.16. The number of hydrogen-bond donors (Lipinski definition) is 2. The summed E-state index contributed by atoms with van der Waals surface area (Å²) in [5.74, 6) is 1.94. The molecule has 0 aromatic heterocycles. The number of rotatable bonds is 7. The molecule has 0 aromatic carbocycles. The Morgan fingerprint density at radius 2 is 2.12 bits per heavy atom. The molecule has 2 aliphatic carbocycles. The lowest BCUT2D eigenvalue weighted by Gasteiger charge is -2.35. The van der Waals surface area contributed by atoms with E-state index in [9.17, 15) is 5.11 Å². The molecular weight excluding hydrogens is 230 g/mol. The van der Waals surface area contributed by atoms with Gasteiger partial charge in [0.15, 0.2) is 0 Å². The number of hydrogen-bond acceptors (Lipinski definition) is 3. The van der Waals surface area contributed by atoms with Crippen molar-refractivity contribution in [3.8, 4) is 0 Å². The van der Waals surface area contributed by atoms with Crippen LogP contribution < -0.4 is 5.32 Å². The Kier molecular flexibility index (Phi) is 4.79. The lowest BCUT2D eigenvalue weighted by atomic mass is 9.85. The van der Waals surface area contributed by atoms with Gasteiger partial charge in [-0.15, -0.1) is 0 Å². The van der Waals surface area contributed by atoms with Crippen LogP contribution in [0.5, 0.6) is 0 Å². The van der Waals surface area contributed by atoms with Crippen LogP contribution in [0.4, 0.5) is 0 Å². The van der Waals surface area contributed by atoms with Gasteiger partial charge in [0.1, 0.15) is 0 Å². The second kappa shape index (κ2) is 5.94. The first kappa shape index (κ1) is 13.7. The summed E-state index contributed by atoms with van der Waals surface area (Å²) in [6, 6.07) is 0.709. The van der Waals surface area contributed by atoms with E-state index >= 15 is 0 Å². The van der Waals surface area contributed by atoms with Crippen molar-refractivity contribution in [3.63, 3.8) is 0 Å². The molecule has 2 unspecified atom stereocenters. The summed E-state index contributed by atoms with van der Waals surface area (Å²) in [6.07, 6.45) is 7.67. The summed E-state index contributed by atoms with van der Waals surface area (Å²) in [5.41, 5.74) is 0.0682. The Morgan fingerprint density at radius 3 is 2.71 bits per heavy atom. The maximum absolute atomic E-state index is 9.80. The number of thioether (sulfide) groups is 1. The highest BCUT2D eigenvalue weighted by atomic mass is 32.2. The van der Waals surface area contributed by atoms with Gasteiger partial charge in [0.2, 0.25) is 0 Å². The molecule has 17 heavy (non-hydrogen) atoms. The van der Waals surface area contributed by atoms with Gasteiger partial charge >= 0.3 is 0 Å².